The van der Waals surface area contributed by atoms with Crippen molar-refractivity contribution in [2.45, 2.75) is 214 Å². The zero-order chi connectivity index (χ0) is 40.6. The van der Waals surface area contributed by atoms with Crippen LogP contribution in [-0.4, -0.2) is 41.7 Å². The quantitative estimate of drug-likeness (QED) is 0.0309. The van der Waals surface area contributed by atoms with Crippen molar-refractivity contribution in [3.8, 4) is 0 Å². The maximum atomic E-state index is 10.3. The molecule has 0 spiro atoms. The van der Waals surface area contributed by atoms with Crippen molar-refractivity contribution in [3.63, 3.8) is 0 Å². The Bertz CT molecular complexity index is 870. The summed E-state index contributed by atoms with van der Waals surface area (Å²) in [4.78, 5) is 0. The minimum absolute atomic E-state index is 0.167. The van der Waals surface area contributed by atoms with E-state index in [9.17, 15) is 25.9 Å². The summed E-state index contributed by atoms with van der Waals surface area (Å²) < 4.78 is 77.9. The number of aliphatic hydroxyl groups is 1. The Morgan fingerprint density at radius 1 is 0.519 bits per heavy atom. The van der Waals surface area contributed by atoms with E-state index >= 15 is 0 Å². The number of unbranched alkanes of at least 4 members (excludes halogenated alkanes) is 24. The third-order valence-corrected chi connectivity index (χ3v) is 8.72. The summed E-state index contributed by atoms with van der Waals surface area (Å²) in [6.07, 6.45) is 37.9. The first-order valence-corrected chi connectivity index (χ1v) is 24.3. The van der Waals surface area contributed by atoms with Crippen molar-refractivity contribution in [1.82, 2.24) is 0 Å². The number of aliphatic hydroxyl groups excluding tert-OH is 1. The average Bonchev–Trinajstić information content (AvgIpc) is 3.08. The first-order chi connectivity index (χ1) is 24.8. The van der Waals surface area contributed by atoms with E-state index in [4.69, 9.17) is 13.0 Å². The van der Waals surface area contributed by atoms with Gasteiger partial charge < -0.3 is 14.2 Å². The van der Waals surface area contributed by atoms with Crippen LogP contribution in [-0.2, 0) is 56.0 Å². The molecule has 0 aliphatic carbocycles. The molecule has 0 aliphatic rings. The van der Waals surface area contributed by atoms with Gasteiger partial charge in [0.25, 0.3) is 10.1 Å². The summed E-state index contributed by atoms with van der Waals surface area (Å²) in [6, 6.07) is 0. The Balaban J connectivity index is -0.000000197. The first-order valence-electron chi connectivity index (χ1n) is 19.9. The molecular formula is C39H78O9S3Ti. The minimum atomic E-state index is -3.91. The standard InChI is InChI=1S/C12H24O3S.2C12H24O2S.C3H8O.O.Ti/c1-2-3-4-5-6-7-8-9-10-11-12-16(13,14)15;2*1-2-3-4-5-6-7-8-9-10-11-12-15(13)14;1-3(2)4;;/h11-12H,2-10H2,1H3,(H,13,14,15);2*11-12H,2-10H2,1H3,(H,13,14);3-4H,1-2H3;;/q;;;;;+2/p-2. The van der Waals surface area contributed by atoms with Gasteiger partial charge >= 0.3 is 23.7 Å². The van der Waals surface area contributed by atoms with E-state index in [-0.39, 0.29) is 6.10 Å². The molecular weight excluding hydrogens is 756 g/mol. The van der Waals surface area contributed by atoms with Crippen molar-refractivity contribution in [3.05, 3.63) is 34.5 Å². The zero-order valence-corrected chi connectivity index (χ0v) is 37.6. The van der Waals surface area contributed by atoms with Crippen LogP contribution in [0.4, 0.5) is 0 Å². The summed E-state index contributed by atoms with van der Waals surface area (Å²) in [5, 5.41) is 11.4. The molecule has 0 radical (unpaired) electrons. The zero-order valence-electron chi connectivity index (χ0n) is 33.6. The molecule has 0 bridgehead atoms. The van der Waals surface area contributed by atoms with Crippen LogP contribution in [0.2, 0.25) is 0 Å². The second-order valence-electron chi connectivity index (χ2n) is 13.0. The molecule has 0 aromatic rings. The van der Waals surface area contributed by atoms with Crippen molar-refractivity contribution in [2.24, 2.45) is 0 Å². The van der Waals surface area contributed by atoms with Gasteiger partial charge in [-0.15, -0.1) is 0 Å². The van der Waals surface area contributed by atoms with E-state index < -0.39 is 32.3 Å². The van der Waals surface area contributed by atoms with E-state index in [0.29, 0.717) is 0 Å². The van der Waals surface area contributed by atoms with E-state index in [1.165, 1.54) is 145 Å². The maximum absolute atomic E-state index is 10.3. The van der Waals surface area contributed by atoms with Gasteiger partial charge in [-0.1, -0.05) is 174 Å². The summed E-state index contributed by atoms with van der Waals surface area (Å²) >= 11 is -3.27. The normalized spacial score (nSPS) is 12.4. The van der Waals surface area contributed by atoms with Crippen LogP contribution < -0.4 is 0 Å². The van der Waals surface area contributed by atoms with Gasteiger partial charge in [-0.2, -0.15) is 8.42 Å². The van der Waals surface area contributed by atoms with Crippen molar-refractivity contribution in [2.75, 3.05) is 0 Å². The monoisotopic (exact) mass is 834 g/mol. The third-order valence-electron chi connectivity index (χ3n) is 7.36. The van der Waals surface area contributed by atoms with Crippen LogP contribution in [0.1, 0.15) is 208 Å². The summed E-state index contributed by atoms with van der Waals surface area (Å²) in [6.45, 7) is 10.1. The van der Waals surface area contributed by atoms with Gasteiger partial charge in [0.2, 0.25) is 0 Å². The molecule has 0 aromatic carbocycles. The summed E-state index contributed by atoms with van der Waals surface area (Å²) in [5.74, 6) is 0. The van der Waals surface area contributed by atoms with Crippen molar-refractivity contribution in [1.29, 1.82) is 0 Å². The number of rotatable bonds is 30. The van der Waals surface area contributed by atoms with Gasteiger partial charge in [0.1, 0.15) is 0 Å². The number of allylic oxidation sites excluding steroid dienone is 3. The fourth-order valence-electron chi connectivity index (χ4n) is 4.67. The molecule has 2 N–H and O–H groups in total. The van der Waals surface area contributed by atoms with Crippen LogP contribution in [0.25, 0.3) is 0 Å². The Hall–Kier alpha value is -0.176. The van der Waals surface area contributed by atoms with Crippen molar-refractivity contribution >= 4 is 32.3 Å². The number of hydrogen-bond acceptors (Lipinski definition) is 8. The molecule has 0 aromatic heterocycles. The van der Waals surface area contributed by atoms with Gasteiger partial charge in [0.05, 0.1) is 5.41 Å². The molecule has 0 heterocycles. The topological polar surface area (TPSA) is 172 Å². The Kier molecular flexibility index (Phi) is 64.8. The Morgan fingerprint density at radius 2 is 0.731 bits per heavy atom. The van der Waals surface area contributed by atoms with Crippen LogP contribution >= 0.6 is 0 Å². The Morgan fingerprint density at radius 3 is 0.942 bits per heavy atom. The van der Waals surface area contributed by atoms with Gasteiger partial charge in [-0.05, 0) is 85.3 Å². The van der Waals surface area contributed by atoms with Gasteiger partial charge in [-0.3, -0.25) is 13.0 Å². The molecule has 2 atom stereocenters. The predicted octanol–water partition coefficient (Wildman–Crippen LogP) is 12.0. The van der Waals surface area contributed by atoms with E-state index in [1.807, 2.05) is 0 Å². The van der Waals surface area contributed by atoms with Gasteiger partial charge in [0, 0.05) is 6.10 Å². The summed E-state index contributed by atoms with van der Waals surface area (Å²) in [5.41, 5.74) is 0. The van der Waals surface area contributed by atoms with Crippen LogP contribution in [0.3, 0.4) is 0 Å². The predicted molar refractivity (Wildman–Crippen MR) is 217 cm³/mol. The average molecular weight is 835 g/mol. The fourth-order valence-corrected chi connectivity index (χ4v) is 5.64. The molecule has 0 rings (SSSR count). The Labute approximate surface area is 338 Å². The summed E-state index contributed by atoms with van der Waals surface area (Å²) in [7, 11) is -3.91. The molecule has 9 nitrogen and oxygen atoms in total. The molecule has 310 valence electrons. The molecule has 0 saturated carbocycles. The molecule has 0 saturated heterocycles. The van der Waals surface area contributed by atoms with E-state index in [0.717, 1.165) is 70.8 Å². The van der Waals surface area contributed by atoms with Crippen LogP contribution in [0.15, 0.2) is 34.5 Å². The van der Waals surface area contributed by atoms with Crippen LogP contribution in [0.5, 0.6) is 0 Å². The van der Waals surface area contributed by atoms with Crippen molar-refractivity contribution < 1.29 is 59.3 Å². The third kappa shape index (κ3) is 87.6. The van der Waals surface area contributed by atoms with Gasteiger partial charge in [0.15, 0.2) is 0 Å². The second-order valence-corrected chi connectivity index (χ2v) is 15.9. The van der Waals surface area contributed by atoms with E-state index in [2.05, 4.69) is 20.8 Å². The second kappa shape index (κ2) is 55.2. The van der Waals surface area contributed by atoms with E-state index in [1.54, 1.807) is 26.0 Å². The molecule has 2 unspecified atom stereocenters. The SMILES string of the molecule is CC(C)O.CCCCCCCCCCC=CS(=O)(=O)O.CCCCCCCCCCC=CS(=O)[O-].CCCCCCCCCCC=CS(=O)[O-].[O]=[Ti+2]. The number of hydrogen-bond donors (Lipinski definition) is 2. The molecule has 0 fully saturated rings. The van der Waals surface area contributed by atoms with Gasteiger partial charge in [-0.25, -0.2) is 0 Å². The first kappa shape index (κ1) is 61.1. The molecule has 52 heavy (non-hydrogen) atoms. The van der Waals surface area contributed by atoms with Crippen LogP contribution in [0, 0.1) is 0 Å². The molecule has 0 amide bonds. The fraction of sp³-hybridized carbons (Fsp3) is 0.846. The molecule has 0 aliphatic heterocycles. The molecule has 13 heteroatoms.